The van der Waals surface area contributed by atoms with Crippen molar-refractivity contribution in [1.29, 1.82) is 0 Å². The van der Waals surface area contributed by atoms with Crippen molar-refractivity contribution in [3.05, 3.63) is 35.9 Å². The lowest BCUT2D eigenvalue weighted by Gasteiger charge is -2.16. The first-order chi connectivity index (χ1) is 10.2. The van der Waals surface area contributed by atoms with E-state index in [0.717, 1.165) is 10.9 Å². The summed E-state index contributed by atoms with van der Waals surface area (Å²) >= 11 is 0. The summed E-state index contributed by atoms with van der Waals surface area (Å²) in [4.78, 5) is 28.3. The fourth-order valence-electron chi connectivity index (χ4n) is 2.60. The Morgan fingerprint density at radius 3 is 3.00 bits per heavy atom. The Bertz CT molecular complexity index is 702. The Kier molecular flexibility index (Phi) is 3.43. The summed E-state index contributed by atoms with van der Waals surface area (Å²) in [6.45, 7) is 1.10. The van der Waals surface area contributed by atoms with Crippen LogP contribution in [0.3, 0.4) is 0 Å². The van der Waals surface area contributed by atoms with Crippen LogP contribution in [0.15, 0.2) is 30.3 Å². The van der Waals surface area contributed by atoms with Gasteiger partial charge in [-0.1, -0.05) is 12.1 Å². The zero-order valence-corrected chi connectivity index (χ0v) is 11.3. The highest BCUT2D eigenvalue weighted by molar-refractivity contribution is 5.86. The Hall–Kier alpha value is -2.63. The van der Waals surface area contributed by atoms with Gasteiger partial charge in [-0.25, -0.2) is 4.98 Å². The van der Waals surface area contributed by atoms with Gasteiger partial charge in [0.25, 0.3) is 0 Å². The molecule has 1 aromatic heterocycles. The summed E-state index contributed by atoms with van der Waals surface area (Å²) in [5, 5.41) is 12.9. The van der Waals surface area contributed by atoms with E-state index in [1.807, 2.05) is 18.2 Å². The number of hydrogen-bond acceptors (Lipinski definition) is 4. The molecular formula is C15H15N3O3. The van der Waals surface area contributed by atoms with E-state index in [9.17, 15) is 14.7 Å². The Morgan fingerprint density at radius 2 is 2.19 bits per heavy atom. The standard InChI is InChI=1S/C15H15N3O3/c19-9-16-12-5-6-18(15(12)21)8-10-1-2-11-3-4-14(20)17-13(11)7-10/h1-4,7,9,12H,5-6,8H2,(H,16,19)(H,17,20)/t12-/m0/s1. The zero-order valence-electron chi connectivity index (χ0n) is 11.3. The molecule has 108 valence electrons. The number of aromatic nitrogens is 1. The third-order valence-electron chi connectivity index (χ3n) is 3.68. The van der Waals surface area contributed by atoms with Gasteiger partial charge in [0.1, 0.15) is 6.04 Å². The molecule has 0 aliphatic carbocycles. The van der Waals surface area contributed by atoms with Crippen LogP contribution in [0.1, 0.15) is 12.0 Å². The summed E-state index contributed by atoms with van der Waals surface area (Å²) in [6, 6.07) is 8.65. The molecule has 6 heteroatoms. The van der Waals surface area contributed by atoms with E-state index in [-0.39, 0.29) is 11.8 Å². The summed E-state index contributed by atoms with van der Waals surface area (Å²) in [5.74, 6) is -0.0850. The number of nitrogens with zero attached hydrogens (tertiary/aromatic N) is 2. The normalized spacial score (nSPS) is 18.2. The Morgan fingerprint density at radius 1 is 1.38 bits per heavy atom. The second kappa shape index (κ2) is 5.40. The number of carbonyl (C=O) groups is 2. The summed E-state index contributed by atoms with van der Waals surface area (Å²) in [7, 11) is 0. The van der Waals surface area contributed by atoms with Gasteiger partial charge in [0, 0.05) is 24.5 Å². The van der Waals surface area contributed by atoms with E-state index in [1.165, 1.54) is 0 Å². The van der Waals surface area contributed by atoms with Gasteiger partial charge in [-0.05, 0) is 24.1 Å². The average Bonchev–Trinajstić information content (AvgIpc) is 2.80. The maximum Gasteiger partial charge on any atom is 0.245 e. The molecule has 2 N–H and O–H groups in total. The van der Waals surface area contributed by atoms with Crippen LogP contribution in [-0.2, 0) is 16.1 Å². The Labute approximate surface area is 121 Å². The number of aromatic hydroxyl groups is 1. The smallest absolute Gasteiger partial charge is 0.245 e. The molecule has 1 aliphatic rings. The predicted molar refractivity (Wildman–Crippen MR) is 76.4 cm³/mol. The van der Waals surface area contributed by atoms with Crippen molar-refractivity contribution < 1.29 is 14.7 Å². The lowest BCUT2D eigenvalue weighted by Crippen LogP contribution is -2.37. The summed E-state index contributed by atoms with van der Waals surface area (Å²) in [6.07, 6.45) is 1.19. The van der Waals surface area contributed by atoms with Crippen LogP contribution in [0.2, 0.25) is 0 Å². The second-order valence-electron chi connectivity index (χ2n) is 5.08. The minimum absolute atomic E-state index is 0.0212. The van der Waals surface area contributed by atoms with E-state index in [1.54, 1.807) is 17.0 Å². The first-order valence-electron chi connectivity index (χ1n) is 6.74. The lowest BCUT2D eigenvalue weighted by atomic mass is 10.1. The molecule has 0 unspecified atom stereocenters. The van der Waals surface area contributed by atoms with Crippen molar-refractivity contribution in [1.82, 2.24) is 15.2 Å². The van der Waals surface area contributed by atoms with E-state index in [2.05, 4.69) is 10.3 Å². The fraction of sp³-hybridized carbons (Fsp3) is 0.267. The monoisotopic (exact) mass is 285 g/mol. The van der Waals surface area contributed by atoms with Gasteiger partial charge in [-0.3, -0.25) is 9.59 Å². The lowest BCUT2D eigenvalue weighted by molar-refractivity contribution is -0.131. The SMILES string of the molecule is O=CN[C@H]1CCN(Cc2ccc3ccc(O)nc3c2)C1=O. The summed E-state index contributed by atoms with van der Waals surface area (Å²) in [5.41, 5.74) is 1.64. The number of rotatable bonds is 4. The van der Waals surface area contributed by atoms with Gasteiger partial charge in [-0.15, -0.1) is 0 Å². The third kappa shape index (κ3) is 2.65. The molecule has 1 saturated heterocycles. The first-order valence-corrected chi connectivity index (χ1v) is 6.74. The van der Waals surface area contributed by atoms with Crippen molar-refractivity contribution in [2.45, 2.75) is 19.0 Å². The number of hydrogen-bond donors (Lipinski definition) is 2. The molecule has 2 aromatic rings. The zero-order chi connectivity index (χ0) is 14.8. The van der Waals surface area contributed by atoms with Gasteiger partial charge in [0.05, 0.1) is 5.52 Å². The van der Waals surface area contributed by atoms with Crippen molar-refractivity contribution in [2.75, 3.05) is 6.54 Å². The minimum atomic E-state index is -0.412. The molecule has 1 aliphatic heterocycles. The Balaban J connectivity index is 1.79. The quantitative estimate of drug-likeness (QED) is 0.814. The maximum absolute atomic E-state index is 12.1. The number of fused-ring (bicyclic) bond motifs is 1. The van der Waals surface area contributed by atoms with Crippen molar-refractivity contribution in [3.8, 4) is 5.88 Å². The molecule has 21 heavy (non-hydrogen) atoms. The molecule has 0 bridgehead atoms. The number of pyridine rings is 1. The molecule has 2 amide bonds. The van der Waals surface area contributed by atoms with E-state index in [0.29, 0.717) is 31.4 Å². The van der Waals surface area contributed by atoms with Crippen LogP contribution in [-0.4, -0.2) is 39.9 Å². The van der Waals surface area contributed by atoms with Gasteiger partial charge >= 0.3 is 0 Å². The first kappa shape index (κ1) is 13.4. The minimum Gasteiger partial charge on any atom is -0.493 e. The highest BCUT2D eigenvalue weighted by Gasteiger charge is 2.30. The van der Waals surface area contributed by atoms with Gasteiger partial charge < -0.3 is 15.3 Å². The number of nitrogens with one attached hydrogen (secondary N) is 1. The van der Waals surface area contributed by atoms with E-state index >= 15 is 0 Å². The highest BCUT2D eigenvalue weighted by Crippen LogP contribution is 2.20. The fourth-order valence-corrected chi connectivity index (χ4v) is 2.60. The van der Waals surface area contributed by atoms with Crippen molar-refractivity contribution in [3.63, 3.8) is 0 Å². The van der Waals surface area contributed by atoms with Crippen LogP contribution in [0.4, 0.5) is 0 Å². The largest absolute Gasteiger partial charge is 0.493 e. The predicted octanol–water partition coefficient (Wildman–Crippen LogP) is 0.787. The number of likely N-dealkylation sites (tertiary alicyclic amines) is 1. The van der Waals surface area contributed by atoms with Crippen LogP contribution in [0, 0.1) is 0 Å². The molecule has 6 nitrogen and oxygen atoms in total. The summed E-state index contributed by atoms with van der Waals surface area (Å²) < 4.78 is 0. The molecule has 0 spiro atoms. The molecule has 3 rings (SSSR count). The average molecular weight is 285 g/mol. The van der Waals surface area contributed by atoms with Gasteiger partial charge in [0.15, 0.2) is 0 Å². The molecule has 1 fully saturated rings. The topological polar surface area (TPSA) is 82.5 Å². The van der Waals surface area contributed by atoms with Crippen LogP contribution in [0.25, 0.3) is 10.9 Å². The van der Waals surface area contributed by atoms with Crippen molar-refractivity contribution >= 4 is 23.2 Å². The molecule has 0 radical (unpaired) electrons. The van der Waals surface area contributed by atoms with E-state index < -0.39 is 6.04 Å². The van der Waals surface area contributed by atoms with Crippen molar-refractivity contribution in [2.24, 2.45) is 0 Å². The number of amides is 2. The van der Waals surface area contributed by atoms with Crippen LogP contribution < -0.4 is 5.32 Å². The van der Waals surface area contributed by atoms with Gasteiger partial charge in [0.2, 0.25) is 18.2 Å². The third-order valence-corrected chi connectivity index (χ3v) is 3.68. The second-order valence-corrected chi connectivity index (χ2v) is 5.08. The van der Waals surface area contributed by atoms with Gasteiger partial charge in [-0.2, -0.15) is 0 Å². The highest BCUT2D eigenvalue weighted by atomic mass is 16.3. The molecule has 2 heterocycles. The number of benzene rings is 1. The number of carbonyl (C=O) groups excluding carboxylic acids is 2. The molecule has 1 atom stereocenters. The van der Waals surface area contributed by atoms with E-state index in [4.69, 9.17) is 0 Å². The molecule has 0 saturated carbocycles. The molecule has 1 aromatic carbocycles. The molecular weight excluding hydrogens is 270 g/mol. The maximum atomic E-state index is 12.1. The van der Waals surface area contributed by atoms with Crippen LogP contribution >= 0.6 is 0 Å². The van der Waals surface area contributed by atoms with Crippen LogP contribution in [0.5, 0.6) is 5.88 Å².